The van der Waals surface area contributed by atoms with E-state index in [0.717, 1.165) is 5.56 Å². The van der Waals surface area contributed by atoms with Gasteiger partial charge in [0, 0.05) is 13.1 Å². The average molecular weight is 414 g/mol. The molecule has 1 aromatic carbocycles. The van der Waals surface area contributed by atoms with Crippen LogP contribution in [-0.2, 0) is 35.6 Å². The Morgan fingerprint density at radius 3 is 2.71 bits per heavy atom. The largest absolute Gasteiger partial charge is 0.469 e. The summed E-state index contributed by atoms with van der Waals surface area (Å²) in [6.07, 6.45) is -1.19. The highest BCUT2D eigenvalue weighted by Gasteiger charge is 2.29. The van der Waals surface area contributed by atoms with Crippen LogP contribution in [0.5, 0.6) is 0 Å². The van der Waals surface area contributed by atoms with E-state index >= 15 is 0 Å². The van der Waals surface area contributed by atoms with Crippen LogP contribution in [0.25, 0.3) is 0 Å². The van der Waals surface area contributed by atoms with Crippen molar-refractivity contribution in [2.75, 3.05) is 39.1 Å². The minimum Gasteiger partial charge on any atom is -0.469 e. The lowest BCUT2D eigenvalue weighted by molar-refractivity contribution is -0.144. The lowest BCUT2D eigenvalue weighted by Crippen LogP contribution is -2.49. The van der Waals surface area contributed by atoms with Gasteiger partial charge in [0.1, 0.15) is 6.61 Å². The van der Waals surface area contributed by atoms with Crippen LogP contribution in [0.3, 0.4) is 0 Å². The monoisotopic (exact) mass is 414 g/mol. The third-order valence-electron chi connectivity index (χ3n) is 4.22. The van der Waals surface area contributed by atoms with Crippen molar-refractivity contribution in [2.45, 2.75) is 19.6 Å². The molecule has 1 saturated heterocycles. The minimum absolute atomic E-state index is 0.0649. The molecule has 0 radical (unpaired) electrons. The Hall–Kier alpha value is -2.17. The molecule has 1 N–H and O–H groups in total. The van der Waals surface area contributed by atoms with E-state index in [1.54, 1.807) is 6.92 Å². The van der Waals surface area contributed by atoms with E-state index in [-0.39, 0.29) is 32.1 Å². The maximum absolute atomic E-state index is 12.2. The summed E-state index contributed by atoms with van der Waals surface area (Å²) in [6.45, 7) is 2.31. The summed E-state index contributed by atoms with van der Waals surface area (Å²) in [5.74, 6) is -1.41. The third-order valence-corrected chi connectivity index (χ3v) is 5.64. The topological polar surface area (TPSA) is 111 Å². The van der Waals surface area contributed by atoms with Crippen LogP contribution in [-0.4, -0.2) is 70.6 Å². The quantitative estimate of drug-likeness (QED) is 0.625. The summed E-state index contributed by atoms with van der Waals surface area (Å²) in [5, 5.41) is 0. The molecule has 1 fully saturated rings. The van der Waals surface area contributed by atoms with E-state index in [9.17, 15) is 18.0 Å². The number of sulfonamides is 1. The Morgan fingerprint density at radius 2 is 2.04 bits per heavy atom. The van der Waals surface area contributed by atoms with Gasteiger partial charge in [0.2, 0.25) is 10.0 Å². The molecule has 9 nitrogen and oxygen atoms in total. The molecule has 1 heterocycles. The first-order valence-electron chi connectivity index (χ1n) is 8.93. The highest BCUT2D eigenvalue weighted by molar-refractivity contribution is 7.89. The molecule has 1 aliphatic rings. The second kappa shape index (κ2) is 10.4. The fourth-order valence-corrected chi connectivity index (χ4v) is 3.95. The number of amides is 1. The van der Waals surface area contributed by atoms with Crippen molar-refractivity contribution in [3.63, 3.8) is 0 Å². The van der Waals surface area contributed by atoms with Gasteiger partial charge in [-0.1, -0.05) is 37.3 Å². The number of nitrogens with zero attached hydrogens (tertiary/aromatic N) is 1. The molecule has 1 amide bonds. The number of ether oxygens (including phenoxy) is 3. The van der Waals surface area contributed by atoms with E-state index in [0.29, 0.717) is 6.54 Å². The normalized spacial score (nSPS) is 18.4. The third kappa shape index (κ3) is 7.10. The van der Waals surface area contributed by atoms with E-state index in [1.807, 2.05) is 30.3 Å². The van der Waals surface area contributed by atoms with Gasteiger partial charge in [0.15, 0.2) is 0 Å². The van der Waals surface area contributed by atoms with E-state index in [4.69, 9.17) is 9.47 Å². The van der Waals surface area contributed by atoms with Gasteiger partial charge in [-0.3, -0.25) is 4.79 Å². The van der Waals surface area contributed by atoms with E-state index in [1.165, 1.54) is 12.0 Å². The van der Waals surface area contributed by atoms with Gasteiger partial charge in [0.05, 0.1) is 38.0 Å². The first-order chi connectivity index (χ1) is 13.3. The molecular formula is C18H26N2O7S. The van der Waals surface area contributed by atoms with Crippen LogP contribution >= 0.6 is 0 Å². The Balaban J connectivity index is 1.81. The average Bonchev–Trinajstić information content (AvgIpc) is 2.70. The van der Waals surface area contributed by atoms with Gasteiger partial charge >= 0.3 is 12.1 Å². The maximum Gasteiger partial charge on any atom is 0.410 e. The molecule has 1 aromatic rings. The predicted octanol–water partition coefficient (Wildman–Crippen LogP) is 0.753. The number of rotatable bonds is 8. The van der Waals surface area contributed by atoms with E-state index in [2.05, 4.69) is 9.46 Å². The molecule has 2 atom stereocenters. The van der Waals surface area contributed by atoms with Crippen LogP contribution in [0.15, 0.2) is 30.3 Å². The Kier molecular flexibility index (Phi) is 8.21. The van der Waals surface area contributed by atoms with Crippen LogP contribution < -0.4 is 4.72 Å². The van der Waals surface area contributed by atoms with Crippen molar-refractivity contribution >= 4 is 22.1 Å². The molecule has 0 saturated carbocycles. The predicted molar refractivity (Wildman–Crippen MR) is 101 cm³/mol. The number of esters is 1. The molecule has 0 spiro atoms. The summed E-state index contributed by atoms with van der Waals surface area (Å²) >= 11 is 0. The first kappa shape index (κ1) is 22.1. The van der Waals surface area contributed by atoms with Crippen molar-refractivity contribution in [3.05, 3.63) is 35.9 Å². The van der Waals surface area contributed by atoms with Gasteiger partial charge in [-0.15, -0.1) is 0 Å². The standard InChI is InChI=1S/C18H26N2O7S/c1-14(17(21)25-2)10-19-28(23,24)13-16-11-20(8-9-26-16)18(22)27-12-15-6-4-3-5-7-15/h3-7,14,16,19H,8-13H2,1-2H3/t14-,16+/m1/s1. The number of hydrogen-bond donors (Lipinski definition) is 1. The molecule has 1 aliphatic heterocycles. The van der Waals surface area contributed by atoms with E-state index < -0.39 is 34.1 Å². The highest BCUT2D eigenvalue weighted by atomic mass is 32.2. The summed E-state index contributed by atoms with van der Waals surface area (Å²) in [5.41, 5.74) is 0.868. The second-order valence-electron chi connectivity index (χ2n) is 6.53. The minimum atomic E-state index is -3.68. The summed E-state index contributed by atoms with van der Waals surface area (Å²) in [6, 6.07) is 9.28. The zero-order valence-corrected chi connectivity index (χ0v) is 16.8. The van der Waals surface area contributed by atoms with Crippen LogP contribution in [0.1, 0.15) is 12.5 Å². The molecule has 28 heavy (non-hydrogen) atoms. The second-order valence-corrected chi connectivity index (χ2v) is 8.38. The zero-order chi connectivity index (χ0) is 20.6. The lowest BCUT2D eigenvalue weighted by Gasteiger charge is -2.32. The Bertz CT molecular complexity index is 754. The summed E-state index contributed by atoms with van der Waals surface area (Å²) < 4.78 is 42.1. The van der Waals surface area contributed by atoms with Crippen molar-refractivity contribution in [1.82, 2.24) is 9.62 Å². The molecule has 0 aromatic heterocycles. The Morgan fingerprint density at radius 1 is 1.32 bits per heavy atom. The number of nitrogens with one attached hydrogen (secondary N) is 1. The van der Waals surface area contributed by atoms with Gasteiger partial charge in [-0.25, -0.2) is 17.9 Å². The number of carbonyl (C=O) groups is 2. The number of methoxy groups -OCH3 is 1. The smallest absolute Gasteiger partial charge is 0.410 e. The summed E-state index contributed by atoms with van der Waals surface area (Å²) in [4.78, 5) is 25.0. The molecule has 0 bridgehead atoms. The number of benzene rings is 1. The van der Waals surface area contributed by atoms with Crippen molar-refractivity contribution < 1.29 is 32.2 Å². The molecule has 0 aliphatic carbocycles. The number of morpholine rings is 1. The molecule has 156 valence electrons. The number of carbonyl (C=O) groups excluding carboxylic acids is 2. The van der Waals surface area contributed by atoms with Gasteiger partial charge in [-0.05, 0) is 5.56 Å². The lowest BCUT2D eigenvalue weighted by atomic mass is 10.2. The van der Waals surface area contributed by atoms with Gasteiger partial charge in [-0.2, -0.15) is 0 Å². The van der Waals surface area contributed by atoms with Gasteiger partial charge < -0.3 is 19.1 Å². The van der Waals surface area contributed by atoms with Crippen LogP contribution in [0.4, 0.5) is 4.79 Å². The Labute approximate surface area is 165 Å². The van der Waals surface area contributed by atoms with Gasteiger partial charge in [0.25, 0.3) is 0 Å². The number of hydrogen-bond acceptors (Lipinski definition) is 7. The SMILES string of the molecule is COC(=O)[C@H](C)CNS(=O)(=O)C[C@@H]1CN(C(=O)OCc2ccccc2)CCO1. The van der Waals surface area contributed by atoms with Crippen molar-refractivity contribution in [3.8, 4) is 0 Å². The van der Waals surface area contributed by atoms with Crippen LogP contribution in [0.2, 0.25) is 0 Å². The highest BCUT2D eigenvalue weighted by Crippen LogP contribution is 2.11. The van der Waals surface area contributed by atoms with Crippen molar-refractivity contribution in [2.24, 2.45) is 5.92 Å². The van der Waals surface area contributed by atoms with Crippen LogP contribution in [0, 0.1) is 5.92 Å². The van der Waals surface area contributed by atoms with Crippen molar-refractivity contribution in [1.29, 1.82) is 0 Å². The summed E-state index contributed by atoms with van der Waals surface area (Å²) in [7, 11) is -2.44. The molecule has 0 unspecified atom stereocenters. The zero-order valence-electron chi connectivity index (χ0n) is 16.0. The fourth-order valence-electron chi connectivity index (χ4n) is 2.64. The molecule has 2 rings (SSSR count). The molecule has 10 heteroatoms. The molecular weight excluding hydrogens is 388 g/mol. The first-order valence-corrected chi connectivity index (χ1v) is 10.6. The fraction of sp³-hybridized carbons (Fsp3) is 0.556. The maximum atomic E-state index is 12.2.